The molecule has 6 nitrogen and oxygen atoms in total. The summed E-state index contributed by atoms with van der Waals surface area (Å²) in [7, 11) is -2.55. The topological polar surface area (TPSA) is 118 Å². The van der Waals surface area contributed by atoms with Crippen LogP contribution < -0.4 is 5.32 Å². The standard InChI is InChI=1S/C6H15NO2.C4H8O2S.H2O/c1-5(8)3-7-4-6(2)9;5-7(6)3-1-2-4-7;/h5-9H,3-4H2,1-2H3;1-4H2;1H2. The zero-order valence-electron chi connectivity index (χ0n) is 10.5. The van der Waals surface area contributed by atoms with Crippen molar-refractivity contribution in [1.29, 1.82) is 0 Å². The Morgan fingerprint density at radius 1 is 1.06 bits per heavy atom. The lowest BCUT2D eigenvalue weighted by atomic mass is 10.3. The minimum Gasteiger partial charge on any atom is -0.412 e. The lowest BCUT2D eigenvalue weighted by Crippen LogP contribution is -2.30. The molecule has 0 aromatic rings. The number of hydrogen-bond donors (Lipinski definition) is 3. The molecule has 0 amide bonds. The van der Waals surface area contributed by atoms with Crippen LogP contribution in [0.15, 0.2) is 0 Å². The van der Waals surface area contributed by atoms with Gasteiger partial charge in [-0.2, -0.15) is 0 Å². The third kappa shape index (κ3) is 13.7. The summed E-state index contributed by atoms with van der Waals surface area (Å²) in [6, 6.07) is 0. The molecule has 0 radical (unpaired) electrons. The van der Waals surface area contributed by atoms with Crippen LogP contribution in [-0.2, 0) is 9.84 Å². The molecule has 1 aliphatic rings. The van der Waals surface area contributed by atoms with Gasteiger partial charge in [0.05, 0.1) is 23.7 Å². The van der Waals surface area contributed by atoms with Crippen LogP contribution in [0.3, 0.4) is 0 Å². The first-order valence-electron chi connectivity index (χ1n) is 5.61. The largest absolute Gasteiger partial charge is 0.412 e. The molecular weight excluding hydrogens is 246 g/mol. The van der Waals surface area contributed by atoms with E-state index in [0.29, 0.717) is 24.6 Å². The van der Waals surface area contributed by atoms with Gasteiger partial charge in [-0.05, 0) is 26.7 Å². The highest BCUT2D eigenvalue weighted by Crippen LogP contribution is 2.08. The van der Waals surface area contributed by atoms with Gasteiger partial charge in [0.2, 0.25) is 0 Å². The van der Waals surface area contributed by atoms with Gasteiger partial charge in [0, 0.05) is 13.1 Å². The van der Waals surface area contributed by atoms with E-state index in [4.69, 9.17) is 10.2 Å². The molecule has 106 valence electrons. The minimum absolute atomic E-state index is 0. The number of nitrogens with one attached hydrogen (secondary N) is 1. The molecule has 0 aromatic heterocycles. The molecule has 0 saturated carbocycles. The molecule has 1 heterocycles. The molecule has 2 unspecified atom stereocenters. The van der Waals surface area contributed by atoms with Gasteiger partial charge < -0.3 is 21.0 Å². The van der Waals surface area contributed by atoms with Crippen LogP contribution in [0.25, 0.3) is 0 Å². The predicted octanol–water partition coefficient (Wildman–Crippen LogP) is -1.29. The quantitative estimate of drug-likeness (QED) is 0.588. The lowest BCUT2D eigenvalue weighted by molar-refractivity contribution is 0.164. The van der Waals surface area contributed by atoms with Crippen molar-refractivity contribution in [3.63, 3.8) is 0 Å². The van der Waals surface area contributed by atoms with Gasteiger partial charge in [-0.15, -0.1) is 0 Å². The predicted molar refractivity (Wildman–Crippen MR) is 67.7 cm³/mol. The van der Waals surface area contributed by atoms with Crippen molar-refractivity contribution in [3.8, 4) is 0 Å². The van der Waals surface area contributed by atoms with Crippen molar-refractivity contribution in [2.75, 3.05) is 24.6 Å². The van der Waals surface area contributed by atoms with Gasteiger partial charge in [-0.25, -0.2) is 8.42 Å². The first kappa shape index (κ1) is 19.1. The fourth-order valence-electron chi connectivity index (χ4n) is 1.25. The van der Waals surface area contributed by atoms with Crippen LogP contribution >= 0.6 is 0 Å². The zero-order chi connectivity index (χ0) is 12.6. The van der Waals surface area contributed by atoms with E-state index in [1.807, 2.05) is 0 Å². The highest BCUT2D eigenvalue weighted by molar-refractivity contribution is 7.91. The van der Waals surface area contributed by atoms with Crippen LogP contribution in [0.4, 0.5) is 0 Å². The zero-order valence-corrected chi connectivity index (χ0v) is 11.3. The normalized spacial score (nSPS) is 20.7. The second-order valence-corrected chi connectivity index (χ2v) is 6.52. The Kier molecular flexibility index (Phi) is 11.0. The van der Waals surface area contributed by atoms with Crippen molar-refractivity contribution in [2.45, 2.75) is 38.9 Å². The second-order valence-electron chi connectivity index (χ2n) is 4.22. The Bertz CT molecular complexity index is 244. The van der Waals surface area contributed by atoms with Crippen LogP contribution in [0.1, 0.15) is 26.7 Å². The van der Waals surface area contributed by atoms with E-state index in [0.717, 1.165) is 12.8 Å². The highest BCUT2D eigenvalue weighted by Gasteiger charge is 2.16. The maximum Gasteiger partial charge on any atom is 0.150 e. The van der Waals surface area contributed by atoms with Crippen molar-refractivity contribution in [3.05, 3.63) is 0 Å². The molecule has 5 N–H and O–H groups in total. The Balaban J connectivity index is 0. The van der Waals surface area contributed by atoms with E-state index in [-0.39, 0.29) is 17.7 Å². The first-order chi connectivity index (χ1) is 7.33. The molecule has 0 aliphatic carbocycles. The number of aliphatic hydroxyl groups is 2. The summed E-state index contributed by atoms with van der Waals surface area (Å²) in [5.74, 6) is 0.847. The van der Waals surface area contributed by atoms with Gasteiger partial charge in [0.1, 0.15) is 9.84 Å². The van der Waals surface area contributed by atoms with Gasteiger partial charge in [-0.1, -0.05) is 0 Å². The summed E-state index contributed by atoms with van der Waals surface area (Å²) < 4.78 is 20.9. The third-order valence-corrected chi connectivity index (χ3v) is 3.86. The molecule has 7 heteroatoms. The fourth-order valence-corrected chi connectivity index (χ4v) is 2.74. The SMILES string of the molecule is CC(O)CNCC(C)O.O.O=S1(=O)CCCC1. The Morgan fingerprint density at radius 2 is 1.41 bits per heavy atom. The minimum atomic E-state index is -2.55. The van der Waals surface area contributed by atoms with Crippen LogP contribution in [0.2, 0.25) is 0 Å². The summed E-state index contributed by atoms with van der Waals surface area (Å²) in [4.78, 5) is 0. The third-order valence-electron chi connectivity index (χ3n) is 2.04. The fraction of sp³-hybridized carbons (Fsp3) is 1.00. The van der Waals surface area contributed by atoms with Gasteiger partial charge in [0.15, 0.2) is 0 Å². The average Bonchev–Trinajstić information content (AvgIpc) is 2.49. The van der Waals surface area contributed by atoms with Crippen molar-refractivity contribution < 1.29 is 24.1 Å². The number of aliphatic hydroxyl groups excluding tert-OH is 2. The molecule has 0 aromatic carbocycles. The Hall–Kier alpha value is -0.210. The van der Waals surface area contributed by atoms with Gasteiger partial charge in [-0.3, -0.25) is 0 Å². The number of sulfone groups is 1. The molecule has 1 rings (SSSR count). The molecule has 0 bridgehead atoms. The molecule has 0 spiro atoms. The first-order valence-corrected chi connectivity index (χ1v) is 7.43. The second kappa shape index (κ2) is 9.78. The number of hydrogen-bond acceptors (Lipinski definition) is 5. The monoisotopic (exact) mass is 271 g/mol. The van der Waals surface area contributed by atoms with E-state index in [1.165, 1.54) is 0 Å². The summed E-state index contributed by atoms with van der Waals surface area (Å²) in [5, 5.41) is 20.3. The van der Waals surface area contributed by atoms with E-state index < -0.39 is 9.84 Å². The van der Waals surface area contributed by atoms with E-state index >= 15 is 0 Å². The van der Waals surface area contributed by atoms with E-state index in [2.05, 4.69) is 5.32 Å². The van der Waals surface area contributed by atoms with Crippen molar-refractivity contribution >= 4 is 9.84 Å². The summed E-state index contributed by atoms with van der Waals surface area (Å²) >= 11 is 0. The molecule has 2 atom stereocenters. The number of rotatable bonds is 4. The summed E-state index contributed by atoms with van der Waals surface area (Å²) in [6.07, 6.45) is 1.09. The molecular formula is C10H25NO5S. The van der Waals surface area contributed by atoms with E-state index in [9.17, 15) is 8.42 Å². The van der Waals surface area contributed by atoms with Gasteiger partial charge in [0.25, 0.3) is 0 Å². The average molecular weight is 271 g/mol. The van der Waals surface area contributed by atoms with Crippen LogP contribution in [0.5, 0.6) is 0 Å². The highest BCUT2D eigenvalue weighted by atomic mass is 32.2. The van der Waals surface area contributed by atoms with Gasteiger partial charge >= 0.3 is 0 Å². The molecule has 17 heavy (non-hydrogen) atoms. The lowest BCUT2D eigenvalue weighted by Gasteiger charge is -2.07. The Labute approximate surface area is 103 Å². The molecule has 1 fully saturated rings. The molecule has 1 saturated heterocycles. The smallest absolute Gasteiger partial charge is 0.150 e. The van der Waals surface area contributed by atoms with Crippen LogP contribution in [-0.4, -0.2) is 60.9 Å². The maximum absolute atomic E-state index is 10.4. The summed E-state index contributed by atoms with van der Waals surface area (Å²) in [6.45, 7) is 4.50. The maximum atomic E-state index is 10.4. The summed E-state index contributed by atoms with van der Waals surface area (Å²) in [5.41, 5.74) is 0. The van der Waals surface area contributed by atoms with Crippen LogP contribution in [0, 0.1) is 0 Å². The Morgan fingerprint density at radius 3 is 1.59 bits per heavy atom. The molecule has 1 aliphatic heterocycles. The van der Waals surface area contributed by atoms with E-state index in [1.54, 1.807) is 13.8 Å². The van der Waals surface area contributed by atoms with Crippen molar-refractivity contribution in [1.82, 2.24) is 5.32 Å². The van der Waals surface area contributed by atoms with Crippen molar-refractivity contribution in [2.24, 2.45) is 0 Å².